The summed E-state index contributed by atoms with van der Waals surface area (Å²) in [6.07, 6.45) is 5.78. The quantitative estimate of drug-likeness (QED) is 0.745. The van der Waals surface area contributed by atoms with E-state index in [9.17, 15) is 0 Å². The highest BCUT2D eigenvalue weighted by molar-refractivity contribution is 5.70. The molecule has 0 amide bonds. The molecule has 1 aliphatic rings. The van der Waals surface area contributed by atoms with E-state index < -0.39 is 0 Å². The molecular formula is C20H25NO. The molecule has 1 unspecified atom stereocenters. The minimum absolute atomic E-state index is 0.196. The monoisotopic (exact) mass is 295 g/mol. The van der Waals surface area contributed by atoms with Gasteiger partial charge in [-0.3, -0.25) is 0 Å². The molecule has 3 rings (SSSR count). The zero-order valence-corrected chi connectivity index (χ0v) is 14.4. The first-order valence-electron chi connectivity index (χ1n) is 7.99. The van der Waals surface area contributed by atoms with E-state index >= 15 is 0 Å². The number of aryl methyl sites for hydroxylation is 1. The highest BCUT2D eigenvalue weighted by Gasteiger charge is 2.48. The summed E-state index contributed by atoms with van der Waals surface area (Å²) in [6, 6.07) is 6.61. The summed E-state index contributed by atoms with van der Waals surface area (Å²) < 4.78 is 5.14. The number of benzene rings is 1. The molecule has 2 nitrogen and oxygen atoms in total. The van der Waals surface area contributed by atoms with E-state index in [2.05, 4.69) is 64.9 Å². The summed E-state index contributed by atoms with van der Waals surface area (Å²) in [4.78, 5) is 0. The highest BCUT2D eigenvalue weighted by Crippen LogP contribution is 2.54. The lowest BCUT2D eigenvalue weighted by atomic mass is 9.71. The molecule has 0 N–H and O–H groups in total. The van der Waals surface area contributed by atoms with Crippen molar-refractivity contribution in [2.75, 3.05) is 0 Å². The predicted molar refractivity (Wildman–Crippen MR) is 91.8 cm³/mol. The van der Waals surface area contributed by atoms with Gasteiger partial charge in [0, 0.05) is 6.07 Å². The zero-order chi connectivity index (χ0) is 16.1. The zero-order valence-electron chi connectivity index (χ0n) is 14.4. The van der Waals surface area contributed by atoms with Crippen molar-refractivity contribution in [1.82, 2.24) is 5.16 Å². The average molecular weight is 295 g/mol. The smallest absolute Gasteiger partial charge is 0.159 e. The molecule has 2 aromatic rings. The van der Waals surface area contributed by atoms with Gasteiger partial charge in [-0.1, -0.05) is 58.0 Å². The van der Waals surface area contributed by atoms with E-state index in [1.165, 1.54) is 22.3 Å². The number of hydrogen-bond donors (Lipinski definition) is 0. The van der Waals surface area contributed by atoms with Crippen LogP contribution in [0.4, 0.5) is 0 Å². The fourth-order valence-corrected chi connectivity index (χ4v) is 3.82. The molecule has 0 fully saturated rings. The van der Waals surface area contributed by atoms with Gasteiger partial charge in [0.25, 0.3) is 0 Å². The molecule has 0 aliphatic heterocycles. The molecule has 1 heterocycles. The van der Waals surface area contributed by atoms with E-state index in [-0.39, 0.29) is 10.8 Å². The molecule has 1 aromatic heterocycles. The molecule has 0 bridgehead atoms. The van der Waals surface area contributed by atoms with Crippen molar-refractivity contribution < 1.29 is 4.52 Å². The van der Waals surface area contributed by atoms with E-state index in [4.69, 9.17) is 4.52 Å². The number of rotatable bonds is 2. The minimum atomic E-state index is 0.196. The first-order valence-corrected chi connectivity index (χ1v) is 7.99. The van der Waals surface area contributed by atoms with Crippen LogP contribution in [-0.2, 0) is 10.8 Å². The van der Waals surface area contributed by atoms with Gasteiger partial charge >= 0.3 is 0 Å². The number of hydrogen-bond acceptors (Lipinski definition) is 2. The SMILES string of the molecule is Cc1cc2c(cc1C=Cc1ccno1)C(C)(C)C(C)C2(C)C. The van der Waals surface area contributed by atoms with Gasteiger partial charge in [0.2, 0.25) is 0 Å². The van der Waals surface area contributed by atoms with Crippen LogP contribution in [0.3, 0.4) is 0 Å². The molecule has 22 heavy (non-hydrogen) atoms. The molecular weight excluding hydrogens is 270 g/mol. The summed E-state index contributed by atoms with van der Waals surface area (Å²) in [5, 5.41) is 3.74. The molecule has 1 aromatic carbocycles. The summed E-state index contributed by atoms with van der Waals surface area (Å²) >= 11 is 0. The average Bonchev–Trinajstić information content (AvgIpc) is 3.01. The van der Waals surface area contributed by atoms with Gasteiger partial charge in [-0.2, -0.15) is 0 Å². The first kappa shape index (κ1) is 15.1. The van der Waals surface area contributed by atoms with Crippen molar-refractivity contribution >= 4 is 12.2 Å². The Morgan fingerprint density at radius 3 is 2.27 bits per heavy atom. The maximum absolute atomic E-state index is 5.14. The Hall–Kier alpha value is -1.83. The second-order valence-corrected chi connectivity index (χ2v) is 7.67. The molecule has 1 atom stereocenters. The van der Waals surface area contributed by atoms with E-state index in [1.54, 1.807) is 6.20 Å². The summed E-state index contributed by atoms with van der Waals surface area (Å²) in [5.41, 5.74) is 5.96. The summed E-state index contributed by atoms with van der Waals surface area (Å²) in [6.45, 7) is 14.0. The Morgan fingerprint density at radius 1 is 1.05 bits per heavy atom. The Kier molecular flexibility index (Phi) is 3.32. The van der Waals surface area contributed by atoms with Gasteiger partial charge in [0.05, 0.1) is 6.20 Å². The topological polar surface area (TPSA) is 26.0 Å². The highest BCUT2D eigenvalue weighted by atomic mass is 16.5. The van der Waals surface area contributed by atoms with Crippen LogP contribution in [0.2, 0.25) is 0 Å². The largest absolute Gasteiger partial charge is 0.357 e. The Balaban J connectivity index is 2.09. The fraction of sp³-hybridized carbons (Fsp3) is 0.450. The number of fused-ring (bicyclic) bond motifs is 1. The summed E-state index contributed by atoms with van der Waals surface area (Å²) in [5.74, 6) is 1.40. The van der Waals surface area contributed by atoms with Gasteiger partial charge in [0.15, 0.2) is 5.76 Å². The second kappa shape index (κ2) is 4.84. The van der Waals surface area contributed by atoms with Crippen LogP contribution in [0.15, 0.2) is 28.9 Å². The van der Waals surface area contributed by atoms with Crippen molar-refractivity contribution in [1.29, 1.82) is 0 Å². The van der Waals surface area contributed by atoms with E-state index in [0.29, 0.717) is 5.92 Å². The number of nitrogens with zero attached hydrogens (tertiary/aromatic N) is 1. The Labute approximate surface area is 133 Å². The van der Waals surface area contributed by atoms with E-state index in [0.717, 1.165) is 5.76 Å². The standard InChI is InChI=1S/C20H25NO/c1-13-11-17-18(20(5,6)14(2)19(17,3)4)12-15(13)7-8-16-9-10-21-22-16/h7-12,14H,1-6H3. The maximum atomic E-state index is 5.14. The van der Waals surface area contributed by atoms with Crippen LogP contribution in [0, 0.1) is 12.8 Å². The van der Waals surface area contributed by atoms with Gasteiger partial charge < -0.3 is 4.52 Å². The molecule has 1 aliphatic carbocycles. The maximum Gasteiger partial charge on any atom is 0.159 e. The summed E-state index contributed by atoms with van der Waals surface area (Å²) in [7, 11) is 0. The molecule has 0 radical (unpaired) electrons. The van der Waals surface area contributed by atoms with Crippen LogP contribution in [0.5, 0.6) is 0 Å². The first-order chi connectivity index (χ1) is 10.2. The fourth-order valence-electron chi connectivity index (χ4n) is 3.82. The molecule has 2 heteroatoms. The third-order valence-corrected chi connectivity index (χ3v) is 5.84. The lowest BCUT2D eigenvalue weighted by molar-refractivity contribution is 0.264. The number of aromatic nitrogens is 1. The van der Waals surface area contributed by atoms with Crippen molar-refractivity contribution in [2.45, 2.75) is 52.4 Å². The predicted octanol–water partition coefficient (Wildman–Crippen LogP) is 5.36. The van der Waals surface area contributed by atoms with Crippen molar-refractivity contribution in [3.8, 4) is 0 Å². The third-order valence-electron chi connectivity index (χ3n) is 5.84. The lowest BCUT2D eigenvalue weighted by Crippen LogP contribution is -2.30. The van der Waals surface area contributed by atoms with Crippen molar-refractivity contribution in [3.05, 3.63) is 52.4 Å². The van der Waals surface area contributed by atoms with Gasteiger partial charge in [-0.15, -0.1) is 0 Å². The van der Waals surface area contributed by atoms with Crippen molar-refractivity contribution in [3.63, 3.8) is 0 Å². The normalized spacial score (nSPS) is 22.2. The van der Waals surface area contributed by atoms with Crippen LogP contribution >= 0.6 is 0 Å². The molecule has 0 spiro atoms. The Bertz CT molecular complexity index is 720. The van der Waals surface area contributed by atoms with Crippen LogP contribution in [-0.4, -0.2) is 5.16 Å². The van der Waals surface area contributed by atoms with Crippen LogP contribution < -0.4 is 0 Å². The third kappa shape index (κ3) is 2.13. The van der Waals surface area contributed by atoms with Crippen LogP contribution in [0.25, 0.3) is 12.2 Å². The second-order valence-electron chi connectivity index (χ2n) is 7.67. The molecule has 116 valence electrons. The van der Waals surface area contributed by atoms with Crippen molar-refractivity contribution in [2.24, 2.45) is 5.92 Å². The lowest BCUT2D eigenvalue weighted by Gasteiger charge is -2.32. The van der Waals surface area contributed by atoms with Gasteiger partial charge in [-0.05, 0) is 52.0 Å². The molecule has 0 saturated carbocycles. The van der Waals surface area contributed by atoms with Gasteiger partial charge in [-0.25, -0.2) is 0 Å². The van der Waals surface area contributed by atoms with E-state index in [1.807, 2.05) is 12.1 Å². The minimum Gasteiger partial charge on any atom is -0.357 e. The van der Waals surface area contributed by atoms with Gasteiger partial charge in [0.1, 0.15) is 0 Å². The van der Waals surface area contributed by atoms with Crippen LogP contribution in [0.1, 0.15) is 62.6 Å². The molecule has 0 saturated heterocycles. The Morgan fingerprint density at radius 2 is 1.68 bits per heavy atom.